The molecular formula is C11H7BrFNO3. The van der Waals surface area contributed by atoms with Gasteiger partial charge in [0.05, 0.1) is 17.8 Å². The summed E-state index contributed by atoms with van der Waals surface area (Å²) in [6.07, 6.45) is 0. The van der Waals surface area contributed by atoms with Crippen LogP contribution in [0, 0.1) is 5.82 Å². The summed E-state index contributed by atoms with van der Waals surface area (Å²) in [4.78, 5) is 35.3. The third kappa shape index (κ3) is 1.88. The summed E-state index contributed by atoms with van der Waals surface area (Å²) >= 11 is 3.09. The Labute approximate surface area is 105 Å². The van der Waals surface area contributed by atoms with Crippen molar-refractivity contribution in [1.29, 1.82) is 0 Å². The second-order valence-corrected chi connectivity index (χ2v) is 4.56. The highest BCUT2D eigenvalue weighted by atomic mass is 79.9. The minimum Gasteiger partial charge on any atom is -0.298 e. The molecule has 1 aromatic carbocycles. The van der Waals surface area contributed by atoms with Gasteiger partial charge in [-0.3, -0.25) is 19.3 Å². The van der Waals surface area contributed by atoms with Gasteiger partial charge in [-0.2, -0.15) is 0 Å². The molecule has 0 radical (unpaired) electrons. The lowest BCUT2D eigenvalue weighted by atomic mass is 10.1. The van der Waals surface area contributed by atoms with Crippen molar-refractivity contribution >= 4 is 39.1 Å². The van der Waals surface area contributed by atoms with E-state index in [-0.39, 0.29) is 28.1 Å². The summed E-state index contributed by atoms with van der Waals surface area (Å²) < 4.78 is 13.4. The van der Waals surface area contributed by atoms with Crippen molar-refractivity contribution in [3.8, 4) is 0 Å². The van der Waals surface area contributed by atoms with Crippen molar-refractivity contribution in [1.82, 2.24) is 0 Å². The van der Waals surface area contributed by atoms with Gasteiger partial charge in [0.15, 0.2) is 0 Å². The van der Waals surface area contributed by atoms with Crippen LogP contribution in [0.5, 0.6) is 0 Å². The fourth-order valence-electron chi connectivity index (χ4n) is 1.73. The molecule has 1 heterocycles. The number of fused-ring (bicyclic) bond motifs is 1. The van der Waals surface area contributed by atoms with Gasteiger partial charge in [-0.05, 0) is 35.0 Å². The van der Waals surface area contributed by atoms with E-state index in [0.29, 0.717) is 0 Å². The Morgan fingerprint density at radius 1 is 1.41 bits per heavy atom. The number of ketones is 2. The van der Waals surface area contributed by atoms with Gasteiger partial charge in [0.25, 0.3) is 11.7 Å². The zero-order valence-corrected chi connectivity index (χ0v) is 10.4. The van der Waals surface area contributed by atoms with E-state index in [9.17, 15) is 18.8 Å². The number of carbonyl (C=O) groups excluding carboxylic acids is 3. The first-order valence-corrected chi connectivity index (χ1v) is 5.56. The van der Waals surface area contributed by atoms with E-state index in [2.05, 4.69) is 15.9 Å². The molecule has 4 nitrogen and oxygen atoms in total. The summed E-state index contributed by atoms with van der Waals surface area (Å²) in [5, 5.41) is 0. The fourth-order valence-corrected chi connectivity index (χ4v) is 2.37. The molecule has 1 aliphatic rings. The van der Waals surface area contributed by atoms with Gasteiger partial charge in [-0.15, -0.1) is 0 Å². The lowest BCUT2D eigenvalue weighted by molar-refractivity contribution is -0.119. The standard InChI is InChI=1S/C11H7BrFNO3/c1-5(15)4-14-9-7(10(16)11(14)17)2-6(13)3-8(9)12/h2-3H,4H2,1H3. The van der Waals surface area contributed by atoms with Gasteiger partial charge in [0.1, 0.15) is 11.6 Å². The number of Topliss-reactive ketones (excluding diaryl/α,β-unsaturated/α-hetero) is 2. The van der Waals surface area contributed by atoms with Crippen LogP contribution in [0.4, 0.5) is 10.1 Å². The number of hydrogen-bond acceptors (Lipinski definition) is 3. The molecule has 88 valence electrons. The van der Waals surface area contributed by atoms with Gasteiger partial charge in [-0.1, -0.05) is 0 Å². The number of nitrogens with zero attached hydrogens (tertiary/aromatic N) is 1. The number of amides is 1. The Bertz CT molecular complexity index is 556. The van der Waals surface area contributed by atoms with E-state index < -0.39 is 17.5 Å². The average Bonchev–Trinajstić information content (AvgIpc) is 2.43. The summed E-state index contributed by atoms with van der Waals surface area (Å²) in [6, 6.07) is 2.15. The average molecular weight is 300 g/mol. The molecule has 2 rings (SSSR count). The van der Waals surface area contributed by atoms with Gasteiger partial charge in [0.2, 0.25) is 0 Å². The van der Waals surface area contributed by atoms with Crippen LogP contribution >= 0.6 is 15.9 Å². The molecule has 0 bridgehead atoms. The molecular weight excluding hydrogens is 293 g/mol. The predicted octanol–water partition coefficient (Wildman–Crippen LogP) is 1.71. The molecule has 0 saturated carbocycles. The molecule has 1 aromatic rings. The molecule has 0 aromatic heterocycles. The minimum atomic E-state index is -0.804. The van der Waals surface area contributed by atoms with Gasteiger partial charge in [-0.25, -0.2) is 4.39 Å². The van der Waals surface area contributed by atoms with Crippen LogP contribution in [0.15, 0.2) is 16.6 Å². The van der Waals surface area contributed by atoms with Crippen LogP contribution in [-0.2, 0) is 9.59 Å². The first-order chi connectivity index (χ1) is 7.91. The van der Waals surface area contributed by atoms with Crippen LogP contribution in [0.25, 0.3) is 0 Å². The van der Waals surface area contributed by atoms with Crippen molar-refractivity contribution < 1.29 is 18.8 Å². The summed E-state index contributed by atoms with van der Waals surface area (Å²) in [5.41, 5.74) is 0.250. The van der Waals surface area contributed by atoms with E-state index in [1.54, 1.807) is 0 Å². The molecule has 0 saturated heterocycles. The normalized spacial score (nSPS) is 14.2. The molecule has 0 unspecified atom stereocenters. The van der Waals surface area contributed by atoms with E-state index in [4.69, 9.17) is 0 Å². The number of carbonyl (C=O) groups is 3. The number of halogens is 2. The second-order valence-electron chi connectivity index (χ2n) is 3.71. The van der Waals surface area contributed by atoms with Crippen LogP contribution in [0.3, 0.4) is 0 Å². The summed E-state index contributed by atoms with van der Waals surface area (Å²) in [6.45, 7) is 1.12. The van der Waals surface area contributed by atoms with E-state index in [0.717, 1.165) is 17.0 Å². The number of anilines is 1. The topological polar surface area (TPSA) is 54.5 Å². The quantitative estimate of drug-likeness (QED) is 0.781. The van der Waals surface area contributed by atoms with Crippen LogP contribution in [-0.4, -0.2) is 24.0 Å². The molecule has 0 fully saturated rings. The van der Waals surface area contributed by atoms with Crippen molar-refractivity contribution in [2.24, 2.45) is 0 Å². The zero-order chi connectivity index (χ0) is 12.7. The van der Waals surface area contributed by atoms with Gasteiger partial charge in [0, 0.05) is 4.47 Å². The molecule has 1 amide bonds. The maximum atomic E-state index is 13.1. The van der Waals surface area contributed by atoms with Crippen molar-refractivity contribution in [3.05, 3.63) is 28.0 Å². The number of rotatable bonds is 2. The zero-order valence-electron chi connectivity index (χ0n) is 8.79. The molecule has 0 atom stereocenters. The number of hydrogen-bond donors (Lipinski definition) is 0. The van der Waals surface area contributed by atoms with Crippen molar-refractivity contribution in [2.75, 3.05) is 11.4 Å². The summed E-state index contributed by atoms with van der Waals surface area (Å²) in [7, 11) is 0. The van der Waals surface area contributed by atoms with E-state index >= 15 is 0 Å². The van der Waals surface area contributed by atoms with Crippen LogP contribution in [0.1, 0.15) is 17.3 Å². The van der Waals surface area contributed by atoms with Gasteiger partial charge >= 0.3 is 0 Å². The van der Waals surface area contributed by atoms with Gasteiger partial charge < -0.3 is 0 Å². The lowest BCUT2D eigenvalue weighted by Crippen LogP contribution is -2.33. The summed E-state index contributed by atoms with van der Waals surface area (Å²) in [5.74, 6) is -2.46. The minimum absolute atomic E-state index is 0.0110. The third-order valence-electron chi connectivity index (χ3n) is 2.36. The highest BCUT2D eigenvalue weighted by Crippen LogP contribution is 2.36. The second kappa shape index (κ2) is 4.03. The molecule has 1 aliphatic heterocycles. The highest BCUT2D eigenvalue weighted by Gasteiger charge is 2.38. The van der Waals surface area contributed by atoms with Crippen molar-refractivity contribution in [3.63, 3.8) is 0 Å². The third-order valence-corrected chi connectivity index (χ3v) is 2.97. The first kappa shape index (κ1) is 11.9. The molecule has 17 heavy (non-hydrogen) atoms. The Kier molecular flexibility index (Phi) is 2.82. The Balaban J connectivity index is 2.60. The van der Waals surface area contributed by atoms with Crippen molar-refractivity contribution in [2.45, 2.75) is 6.92 Å². The van der Waals surface area contributed by atoms with Crippen LogP contribution in [0.2, 0.25) is 0 Å². The Hall–Kier alpha value is -1.56. The molecule has 0 spiro atoms. The Morgan fingerprint density at radius 2 is 2.06 bits per heavy atom. The fraction of sp³-hybridized carbons (Fsp3) is 0.182. The maximum Gasteiger partial charge on any atom is 0.299 e. The molecule has 0 N–H and O–H groups in total. The molecule has 6 heteroatoms. The Morgan fingerprint density at radius 3 is 2.65 bits per heavy atom. The molecule has 0 aliphatic carbocycles. The van der Waals surface area contributed by atoms with Crippen LogP contribution < -0.4 is 4.90 Å². The first-order valence-electron chi connectivity index (χ1n) is 4.76. The lowest BCUT2D eigenvalue weighted by Gasteiger charge is -2.15. The van der Waals surface area contributed by atoms with E-state index in [1.807, 2.05) is 0 Å². The van der Waals surface area contributed by atoms with E-state index in [1.165, 1.54) is 6.92 Å². The smallest absolute Gasteiger partial charge is 0.298 e. The maximum absolute atomic E-state index is 13.1. The predicted molar refractivity (Wildman–Crippen MR) is 61.5 cm³/mol. The highest BCUT2D eigenvalue weighted by molar-refractivity contribution is 9.10. The monoisotopic (exact) mass is 299 g/mol. The number of benzene rings is 1. The largest absolute Gasteiger partial charge is 0.299 e. The SMILES string of the molecule is CC(=O)CN1C(=O)C(=O)c2cc(F)cc(Br)c21.